The Morgan fingerprint density at radius 1 is 1.13 bits per heavy atom. The van der Waals surface area contributed by atoms with E-state index in [1.54, 1.807) is 4.90 Å². The van der Waals surface area contributed by atoms with Gasteiger partial charge < -0.3 is 19.3 Å². The summed E-state index contributed by atoms with van der Waals surface area (Å²) in [5.41, 5.74) is 0.223. The predicted octanol–water partition coefficient (Wildman–Crippen LogP) is 3.53. The number of nitrogens with zero attached hydrogens (tertiary/aromatic N) is 2. The van der Waals surface area contributed by atoms with Crippen molar-refractivity contribution in [3.63, 3.8) is 0 Å². The summed E-state index contributed by atoms with van der Waals surface area (Å²) in [5.74, 6) is -0.520. The van der Waals surface area contributed by atoms with Gasteiger partial charge in [0.1, 0.15) is 17.8 Å². The molecule has 0 saturated carbocycles. The first kappa shape index (κ1) is 20.0. The molecule has 0 bridgehead atoms. The Labute approximate surface area is 180 Å². The number of halogens is 1. The third kappa shape index (κ3) is 3.28. The van der Waals surface area contributed by atoms with Crippen LogP contribution in [0.1, 0.15) is 47.6 Å². The maximum atomic E-state index is 14.2. The van der Waals surface area contributed by atoms with Crippen molar-refractivity contribution in [3.8, 4) is 5.75 Å². The van der Waals surface area contributed by atoms with Crippen molar-refractivity contribution in [1.29, 1.82) is 0 Å². The molecule has 3 saturated heterocycles. The van der Waals surface area contributed by atoms with Crippen LogP contribution in [-0.2, 0) is 9.53 Å². The second-order valence-electron chi connectivity index (χ2n) is 8.42. The molecule has 3 heterocycles. The molecule has 2 aromatic carbocycles. The lowest BCUT2D eigenvalue weighted by molar-refractivity contribution is -0.142. The Bertz CT molecular complexity index is 1000. The Kier molecular flexibility index (Phi) is 4.93. The van der Waals surface area contributed by atoms with Gasteiger partial charge in [-0.05, 0) is 36.6 Å². The van der Waals surface area contributed by atoms with E-state index in [1.165, 1.54) is 25.3 Å². The van der Waals surface area contributed by atoms with Crippen LogP contribution in [0.3, 0.4) is 0 Å². The summed E-state index contributed by atoms with van der Waals surface area (Å²) in [4.78, 5) is 29.8. The third-order valence-electron chi connectivity index (χ3n) is 6.77. The van der Waals surface area contributed by atoms with Gasteiger partial charge >= 0.3 is 0 Å². The molecule has 3 aliphatic rings. The van der Waals surface area contributed by atoms with E-state index >= 15 is 0 Å². The fourth-order valence-electron chi connectivity index (χ4n) is 5.08. The van der Waals surface area contributed by atoms with Crippen molar-refractivity contribution >= 4 is 11.8 Å². The van der Waals surface area contributed by atoms with Gasteiger partial charge in [0.05, 0.1) is 18.7 Å². The number of rotatable bonds is 3. The Morgan fingerprint density at radius 2 is 1.87 bits per heavy atom. The van der Waals surface area contributed by atoms with E-state index in [1.807, 2.05) is 23.1 Å². The quantitative estimate of drug-likeness (QED) is 0.757. The summed E-state index contributed by atoms with van der Waals surface area (Å²) in [7, 11) is 1.48. The molecule has 2 aromatic rings. The smallest absolute Gasteiger partial charge is 0.257 e. The minimum atomic E-state index is -0.887. The Hall–Kier alpha value is -2.93. The maximum absolute atomic E-state index is 14.2. The molecule has 0 aromatic heterocycles. The van der Waals surface area contributed by atoms with E-state index in [9.17, 15) is 14.0 Å². The van der Waals surface area contributed by atoms with Crippen LogP contribution >= 0.6 is 0 Å². The van der Waals surface area contributed by atoms with Crippen LogP contribution in [0.25, 0.3) is 0 Å². The molecule has 1 spiro atoms. The Morgan fingerprint density at radius 3 is 2.58 bits per heavy atom. The molecule has 5 rings (SSSR count). The number of fused-ring (bicyclic) bond motifs is 1. The number of likely N-dealkylation sites (tertiary alicyclic amines) is 1. The van der Waals surface area contributed by atoms with E-state index in [2.05, 4.69) is 12.1 Å². The first-order valence-corrected chi connectivity index (χ1v) is 10.7. The van der Waals surface area contributed by atoms with Gasteiger partial charge in [-0.15, -0.1) is 0 Å². The molecule has 0 aliphatic carbocycles. The average molecular weight is 424 g/mol. The zero-order chi connectivity index (χ0) is 21.6. The van der Waals surface area contributed by atoms with Gasteiger partial charge in [-0.25, -0.2) is 4.39 Å². The zero-order valence-electron chi connectivity index (χ0n) is 17.4. The number of hydrogen-bond acceptors (Lipinski definition) is 4. The molecule has 2 amide bonds. The first-order chi connectivity index (χ1) is 15.0. The van der Waals surface area contributed by atoms with Crippen LogP contribution in [0.4, 0.5) is 4.39 Å². The second kappa shape index (κ2) is 7.64. The highest BCUT2D eigenvalue weighted by Crippen LogP contribution is 2.47. The number of carbonyl (C=O) groups excluding carboxylic acids is 2. The molecule has 162 valence electrons. The van der Waals surface area contributed by atoms with Crippen LogP contribution < -0.4 is 4.74 Å². The number of ether oxygens (including phenoxy) is 2. The third-order valence-corrected chi connectivity index (χ3v) is 6.77. The molecule has 7 heteroatoms. The second-order valence-corrected chi connectivity index (χ2v) is 8.42. The maximum Gasteiger partial charge on any atom is 0.257 e. The van der Waals surface area contributed by atoms with Gasteiger partial charge in [0.25, 0.3) is 11.8 Å². The molecule has 0 N–H and O–H groups in total. The largest absolute Gasteiger partial charge is 0.497 e. The number of benzene rings is 2. The molecule has 3 fully saturated rings. The highest BCUT2D eigenvalue weighted by Gasteiger charge is 2.58. The summed E-state index contributed by atoms with van der Waals surface area (Å²) in [5, 5.41) is 0. The lowest BCUT2D eigenvalue weighted by Crippen LogP contribution is -2.51. The van der Waals surface area contributed by atoms with Crippen LogP contribution in [0.2, 0.25) is 0 Å². The first-order valence-electron chi connectivity index (χ1n) is 10.7. The van der Waals surface area contributed by atoms with E-state index in [0.29, 0.717) is 31.7 Å². The van der Waals surface area contributed by atoms with Crippen LogP contribution in [0, 0.1) is 5.82 Å². The van der Waals surface area contributed by atoms with Gasteiger partial charge in [0.2, 0.25) is 0 Å². The van der Waals surface area contributed by atoms with E-state index < -0.39 is 11.4 Å². The average Bonchev–Trinajstić information content (AvgIpc) is 3.33. The summed E-state index contributed by atoms with van der Waals surface area (Å²) < 4.78 is 25.7. The van der Waals surface area contributed by atoms with Crippen molar-refractivity contribution in [1.82, 2.24) is 9.80 Å². The molecule has 31 heavy (non-hydrogen) atoms. The van der Waals surface area contributed by atoms with Crippen molar-refractivity contribution < 1.29 is 23.5 Å². The predicted molar refractivity (Wildman–Crippen MR) is 111 cm³/mol. The van der Waals surface area contributed by atoms with Crippen molar-refractivity contribution in [2.75, 3.05) is 20.2 Å². The fourth-order valence-corrected chi connectivity index (χ4v) is 5.08. The molecule has 3 aliphatic heterocycles. The summed E-state index contributed by atoms with van der Waals surface area (Å²) >= 11 is 0. The minimum Gasteiger partial charge on any atom is -0.497 e. The van der Waals surface area contributed by atoms with Crippen molar-refractivity contribution in [3.05, 3.63) is 65.5 Å². The highest BCUT2D eigenvalue weighted by atomic mass is 19.1. The summed E-state index contributed by atoms with van der Waals surface area (Å²) in [6, 6.07) is 14.2. The monoisotopic (exact) mass is 424 g/mol. The highest BCUT2D eigenvalue weighted by molar-refractivity contribution is 5.95. The number of piperidine rings is 1. The van der Waals surface area contributed by atoms with Gasteiger partial charge in [-0.2, -0.15) is 0 Å². The van der Waals surface area contributed by atoms with Crippen LogP contribution in [0.15, 0.2) is 48.5 Å². The normalized spacial score (nSPS) is 24.5. The number of carbonyl (C=O) groups is 2. The molecular weight excluding hydrogens is 399 g/mol. The van der Waals surface area contributed by atoms with Crippen LogP contribution in [-0.4, -0.2) is 53.6 Å². The van der Waals surface area contributed by atoms with Gasteiger partial charge in [0.15, 0.2) is 5.60 Å². The van der Waals surface area contributed by atoms with Gasteiger partial charge in [-0.1, -0.05) is 30.3 Å². The Balaban J connectivity index is 1.30. The summed E-state index contributed by atoms with van der Waals surface area (Å²) in [6.45, 7) is 0.690. The molecule has 0 radical (unpaired) electrons. The lowest BCUT2D eigenvalue weighted by atomic mass is 9.89. The minimum absolute atomic E-state index is 0.0151. The lowest BCUT2D eigenvalue weighted by Gasteiger charge is -2.37. The van der Waals surface area contributed by atoms with Crippen molar-refractivity contribution in [2.45, 2.75) is 43.6 Å². The van der Waals surface area contributed by atoms with Gasteiger partial charge in [-0.3, -0.25) is 9.59 Å². The number of hydrogen-bond donors (Lipinski definition) is 0. The SMILES string of the molecule is COc1ccc(F)c(C(=O)N2CCC3(CC2)O[C@@H]2CC[C@@H](c4ccccc4)N2C3=O)c1. The van der Waals surface area contributed by atoms with E-state index in [4.69, 9.17) is 9.47 Å². The van der Waals surface area contributed by atoms with Crippen molar-refractivity contribution in [2.24, 2.45) is 0 Å². The molecule has 6 nitrogen and oxygen atoms in total. The standard InChI is InChI=1S/C24H25FN2O4/c1-30-17-7-8-19(25)18(15-17)22(28)26-13-11-24(12-14-26)23(29)27-20(9-10-21(27)31-24)16-5-3-2-4-6-16/h2-8,15,20-21H,9-14H2,1H3/t20-,21+/m0/s1. The van der Waals surface area contributed by atoms with Crippen LogP contribution in [0.5, 0.6) is 5.75 Å². The van der Waals surface area contributed by atoms with E-state index in [0.717, 1.165) is 18.4 Å². The number of methoxy groups -OCH3 is 1. The molecule has 2 atom stereocenters. The topological polar surface area (TPSA) is 59.1 Å². The molecular formula is C24H25FN2O4. The summed E-state index contributed by atoms with van der Waals surface area (Å²) in [6.07, 6.45) is 2.31. The van der Waals surface area contributed by atoms with Gasteiger partial charge in [0, 0.05) is 25.9 Å². The zero-order valence-corrected chi connectivity index (χ0v) is 17.4. The van der Waals surface area contributed by atoms with E-state index in [-0.39, 0.29) is 29.6 Å². The fraction of sp³-hybridized carbons (Fsp3) is 0.417. The number of amides is 2. The molecule has 0 unspecified atom stereocenters.